The first-order valence-electron chi connectivity index (χ1n) is 11.8. The van der Waals surface area contributed by atoms with Gasteiger partial charge in [-0.05, 0) is 49.3 Å². The second kappa shape index (κ2) is 10.3. The molecule has 4 rings (SSSR count). The van der Waals surface area contributed by atoms with Gasteiger partial charge in [-0.2, -0.15) is 13.2 Å². The SMILES string of the molecule is C/C=C1/C(OC(C)C2CNC(=O)C2)=CC(c2ccc(N3CCOCC3)c(C(F)(F)F)c2)=CC1=NC. The van der Waals surface area contributed by atoms with Crippen molar-refractivity contribution in [3.8, 4) is 0 Å². The van der Waals surface area contributed by atoms with E-state index in [1.165, 1.54) is 12.1 Å². The van der Waals surface area contributed by atoms with Crippen LogP contribution in [0.4, 0.5) is 18.9 Å². The predicted molar refractivity (Wildman–Crippen MR) is 129 cm³/mol. The van der Waals surface area contributed by atoms with E-state index in [1.807, 2.05) is 19.9 Å². The summed E-state index contributed by atoms with van der Waals surface area (Å²) in [4.78, 5) is 17.7. The third-order valence-corrected chi connectivity index (χ3v) is 6.62. The number of halogens is 3. The summed E-state index contributed by atoms with van der Waals surface area (Å²) in [6.45, 7) is 5.92. The van der Waals surface area contributed by atoms with Gasteiger partial charge in [0.2, 0.25) is 5.91 Å². The molecule has 1 aromatic carbocycles. The zero-order valence-corrected chi connectivity index (χ0v) is 20.1. The van der Waals surface area contributed by atoms with Gasteiger partial charge in [0.25, 0.3) is 0 Å². The van der Waals surface area contributed by atoms with Gasteiger partial charge in [0.1, 0.15) is 11.9 Å². The molecule has 2 fully saturated rings. The molecule has 188 valence electrons. The van der Waals surface area contributed by atoms with Crippen LogP contribution in [-0.4, -0.2) is 57.6 Å². The van der Waals surface area contributed by atoms with Crippen molar-refractivity contribution >= 4 is 22.9 Å². The molecule has 1 amide bonds. The normalized spacial score (nSPS) is 24.3. The molecule has 1 N–H and O–H groups in total. The van der Waals surface area contributed by atoms with Crippen molar-refractivity contribution in [1.82, 2.24) is 5.32 Å². The molecule has 1 aliphatic carbocycles. The predicted octanol–water partition coefficient (Wildman–Crippen LogP) is 4.38. The van der Waals surface area contributed by atoms with Crippen molar-refractivity contribution in [2.75, 3.05) is 44.8 Å². The van der Waals surface area contributed by atoms with Crippen LogP contribution in [0.15, 0.2) is 52.8 Å². The first-order chi connectivity index (χ1) is 16.7. The third kappa shape index (κ3) is 5.45. The molecule has 0 bridgehead atoms. The topological polar surface area (TPSA) is 63.2 Å². The standard InChI is InChI=1S/C26H30F3N3O3/c1-4-20-22(30-3)12-18(13-24(20)35-16(2)19-14-25(33)31-15-19)17-5-6-23(21(11-17)26(27,28)29)32-7-9-34-10-8-32/h4-6,11-13,16,19H,7-10,14-15H2,1-3H3,(H,31,33)/b20-4+,30-22?. The fourth-order valence-electron chi connectivity index (χ4n) is 4.63. The maximum Gasteiger partial charge on any atom is 0.418 e. The number of alkyl halides is 3. The highest BCUT2D eigenvalue weighted by Gasteiger charge is 2.36. The van der Waals surface area contributed by atoms with Crippen LogP contribution in [0, 0.1) is 5.92 Å². The lowest BCUT2D eigenvalue weighted by molar-refractivity contribution is -0.137. The lowest BCUT2D eigenvalue weighted by Crippen LogP contribution is -2.37. The molecule has 2 heterocycles. The summed E-state index contributed by atoms with van der Waals surface area (Å²) in [6, 6.07) is 4.43. The molecule has 0 saturated carbocycles. The van der Waals surface area contributed by atoms with Crippen molar-refractivity contribution < 1.29 is 27.4 Å². The Bertz CT molecular complexity index is 1100. The highest BCUT2D eigenvalue weighted by atomic mass is 19.4. The van der Waals surface area contributed by atoms with Gasteiger partial charge < -0.3 is 19.7 Å². The van der Waals surface area contributed by atoms with Crippen LogP contribution in [0.25, 0.3) is 5.57 Å². The van der Waals surface area contributed by atoms with E-state index in [0.29, 0.717) is 61.9 Å². The number of carbonyl (C=O) groups is 1. The van der Waals surface area contributed by atoms with Crippen molar-refractivity contribution in [3.05, 3.63) is 58.9 Å². The number of hydrogen-bond acceptors (Lipinski definition) is 5. The number of ether oxygens (including phenoxy) is 2. The molecule has 2 atom stereocenters. The van der Waals surface area contributed by atoms with Crippen molar-refractivity contribution in [3.63, 3.8) is 0 Å². The number of nitrogens with zero attached hydrogens (tertiary/aromatic N) is 2. The summed E-state index contributed by atoms with van der Waals surface area (Å²) < 4.78 is 53.8. The van der Waals surface area contributed by atoms with Crippen LogP contribution >= 0.6 is 0 Å². The monoisotopic (exact) mass is 489 g/mol. The second-order valence-electron chi connectivity index (χ2n) is 8.84. The third-order valence-electron chi connectivity index (χ3n) is 6.62. The minimum Gasteiger partial charge on any atom is -0.490 e. The average Bonchev–Trinajstić information content (AvgIpc) is 3.29. The second-order valence-corrected chi connectivity index (χ2v) is 8.84. The number of rotatable bonds is 5. The first kappa shape index (κ1) is 25.0. The van der Waals surface area contributed by atoms with E-state index in [0.717, 1.165) is 5.57 Å². The fraction of sp³-hybridized carbons (Fsp3) is 0.462. The Labute approximate surface area is 203 Å². The van der Waals surface area contributed by atoms with Crippen LogP contribution in [0.3, 0.4) is 0 Å². The smallest absolute Gasteiger partial charge is 0.418 e. The minimum absolute atomic E-state index is 0.00855. The molecular weight excluding hydrogens is 459 g/mol. The number of allylic oxidation sites excluding steroid dienone is 5. The summed E-state index contributed by atoms with van der Waals surface area (Å²) in [5, 5.41) is 2.81. The van der Waals surface area contributed by atoms with Crippen molar-refractivity contribution in [1.29, 1.82) is 0 Å². The number of anilines is 1. The first-order valence-corrected chi connectivity index (χ1v) is 11.8. The van der Waals surface area contributed by atoms with Gasteiger partial charge in [0.15, 0.2) is 0 Å². The molecule has 9 heteroatoms. The number of aliphatic imine (C=N–C) groups is 1. The maximum absolute atomic E-state index is 14.1. The van der Waals surface area contributed by atoms with Crippen LogP contribution in [-0.2, 0) is 20.4 Å². The summed E-state index contributed by atoms with van der Waals surface area (Å²) in [6.07, 6.45) is 1.02. The molecule has 0 aromatic heterocycles. The lowest BCUT2D eigenvalue weighted by atomic mass is 9.92. The Hall–Kier alpha value is -3.07. The zero-order chi connectivity index (χ0) is 25.2. The van der Waals surface area contributed by atoms with Gasteiger partial charge in [-0.1, -0.05) is 12.1 Å². The van der Waals surface area contributed by atoms with Gasteiger partial charge in [0.05, 0.1) is 24.5 Å². The van der Waals surface area contributed by atoms with E-state index >= 15 is 0 Å². The largest absolute Gasteiger partial charge is 0.490 e. The Kier molecular flexibility index (Phi) is 7.35. The van der Waals surface area contributed by atoms with Crippen molar-refractivity contribution in [2.45, 2.75) is 32.5 Å². The molecule has 0 radical (unpaired) electrons. The van der Waals surface area contributed by atoms with Gasteiger partial charge in [-0.3, -0.25) is 9.79 Å². The van der Waals surface area contributed by atoms with E-state index in [9.17, 15) is 18.0 Å². The molecule has 2 unspecified atom stereocenters. The molecule has 6 nitrogen and oxygen atoms in total. The van der Waals surface area contributed by atoms with Gasteiger partial charge in [0, 0.05) is 50.3 Å². The number of carbonyl (C=O) groups excluding carboxylic acids is 1. The van der Waals surface area contributed by atoms with Crippen LogP contribution < -0.4 is 10.2 Å². The van der Waals surface area contributed by atoms with Gasteiger partial charge >= 0.3 is 6.18 Å². The Morgan fingerprint density at radius 2 is 2.00 bits per heavy atom. The molecule has 35 heavy (non-hydrogen) atoms. The van der Waals surface area contributed by atoms with Crippen LogP contribution in [0.5, 0.6) is 0 Å². The Morgan fingerprint density at radius 1 is 1.26 bits per heavy atom. The number of benzene rings is 1. The maximum atomic E-state index is 14.1. The number of amides is 1. The molecule has 3 aliphatic rings. The van der Waals surface area contributed by atoms with E-state index < -0.39 is 11.7 Å². The zero-order valence-electron chi connectivity index (χ0n) is 20.1. The Morgan fingerprint density at radius 3 is 2.60 bits per heavy atom. The molecule has 0 spiro atoms. The number of morpholine rings is 1. The van der Waals surface area contributed by atoms with Gasteiger partial charge in [-0.15, -0.1) is 0 Å². The minimum atomic E-state index is -4.51. The fourth-order valence-corrected chi connectivity index (χ4v) is 4.63. The van der Waals surface area contributed by atoms with E-state index in [2.05, 4.69) is 10.3 Å². The highest BCUT2D eigenvalue weighted by Crippen LogP contribution is 2.40. The van der Waals surface area contributed by atoms with E-state index in [4.69, 9.17) is 9.47 Å². The van der Waals surface area contributed by atoms with Gasteiger partial charge in [-0.25, -0.2) is 0 Å². The molecule has 2 saturated heterocycles. The van der Waals surface area contributed by atoms with Crippen LogP contribution in [0.2, 0.25) is 0 Å². The summed E-state index contributed by atoms with van der Waals surface area (Å²) in [5.41, 5.74) is 1.88. The Balaban J connectivity index is 1.70. The van der Waals surface area contributed by atoms with E-state index in [1.54, 1.807) is 30.2 Å². The summed E-state index contributed by atoms with van der Waals surface area (Å²) in [7, 11) is 1.64. The number of nitrogens with one attached hydrogen (secondary N) is 1. The molecule has 1 aromatic rings. The summed E-state index contributed by atoms with van der Waals surface area (Å²) in [5.74, 6) is 0.538. The average molecular weight is 490 g/mol. The van der Waals surface area contributed by atoms with Crippen molar-refractivity contribution in [2.24, 2.45) is 10.9 Å². The number of hydrogen-bond donors (Lipinski definition) is 1. The highest BCUT2D eigenvalue weighted by molar-refractivity contribution is 6.17. The van der Waals surface area contributed by atoms with Crippen LogP contribution in [0.1, 0.15) is 31.4 Å². The quantitative estimate of drug-likeness (QED) is 0.667. The molecular formula is C26H30F3N3O3. The van der Waals surface area contributed by atoms with E-state index in [-0.39, 0.29) is 23.6 Å². The molecule has 2 aliphatic heterocycles. The lowest BCUT2D eigenvalue weighted by Gasteiger charge is -2.31. The summed E-state index contributed by atoms with van der Waals surface area (Å²) >= 11 is 0.